The van der Waals surface area contributed by atoms with Gasteiger partial charge < -0.3 is 0 Å². The van der Waals surface area contributed by atoms with Gasteiger partial charge in [-0.3, -0.25) is 0 Å². The summed E-state index contributed by atoms with van der Waals surface area (Å²) in [7, 11) is 0. The zero-order chi connectivity index (χ0) is 16.5. The average molecular weight is 508 g/mol. The molecular weight excluding hydrogens is 466 g/mol. The van der Waals surface area contributed by atoms with Crippen LogP contribution in [0.5, 0.6) is 0 Å². The maximum atomic E-state index is 4.85. The molecule has 0 aliphatic rings. The second-order valence-electron chi connectivity index (χ2n) is 6.98. The summed E-state index contributed by atoms with van der Waals surface area (Å²) in [4.78, 5) is 0. The van der Waals surface area contributed by atoms with Crippen LogP contribution in [0.2, 0.25) is 30.6 Å². The Morgan fingerprint density at radius 3 is 1.48 bits per heavy atom. The fourth-order valence-electron chi connectivity index (χ4n) is 4.55. The molecule has 0 bridgehead atoms. The molecule has 0 N–H and O–H groups in total. The Hall–Kier alpha value is 1.34. The molecule has 0 fully saturated rings. The van der Waals surface area contributed by atoms with Crippen molar-refractivity contribution >= 4 is 36.8 Å². The van der Waals surface area contributed by atoms with E-state index in [9.17, 15) is 0 Å². The Bertz CT molecular complexity index is 271. The van der Waals surface area contributed by atoms with Crippen LogP contribution in [0, 0.1) is 0 Å². The first kappa shape index (κ1) is 22.3. The first-order chi connectivity index (χ1) is 9.97. The summed E-state index contributed by atoms with van der Waals surface area (Å²) in [6.45, 7) is 22.2. The van der Waals surface area contributed by atoms with Crippen LogP contribution in [0.15, 0.2) is 10.2 Å². The predicted octanol–water partition coefficient (Wildman–Crippen LogP) is 7.66. The number of unbranched alkanes of at least 4 members (excludes halogenated alkanes) is 1. The van der Waals surface area contributed by atoms with Crippen LogP contribution in [-0.4, -0.2) is 36.8 Å². The molecule has 0 aromatic carbocycles. The third-order valence-corrected chi connectivity index (χ3v) is 43.7. The zero-order valence-electron chi connectivity index (χ0n) is 16.1. The van der Waals surface area contributed by atoms with Gasteiger partial charge in [-0.05, 0) is 0 Å². The molecule has 1 atom stereocenters. The van der Waals surface area contributed by atoms with Crippen molar-refractivity contribution in [3.05, 3.63) is 10.2 Å². The van der Waals surface area contributed by atoms with E-state index < -0.39 is 36.8 Å². The van der Waals surface area contributed by atoms with E-state index in [0.29, 0.717) is 0 Å². The van der Waals surface area contributed by atoms with E-state index in [0.717, 1.165) is 3.93 Å². The Balaban J connectivity index is 5.63. The van der Waals surface area contributed by atoms with E-state index in [1.165, 1.54) is 45.9 Å². The third-order valence-electron chi connectivity index (χ3n) is 6.83. The van der Waals surface area contributed by atoms with Gasteiger partial charge in [-0.1, -0.05) is 0 Å². The fraction of sp³-hybridized carbons (Fsp3) is 0.895. The molecule has 0 aromatic rings. The Morgan fingerprint density at radius 1 is 0.762 bits per heavy atom. The summed E-state index contributed by atoms with van der Waals surface area (Å²) in [6.07, 6.45) is 4.27. The minimum atomic E-state index is -2.08. The normalized spacial score (nSPS) is 14.2. The first-order valence-electron chi connectivity index (χ1n) is 9.66. The Labute approximate surface area is 144 Å². The standard InChI is InChI=1S/C7H12.6C2H5.2Sn/c1-3-5-7-6-4-2;6*1-2;;/h5H,1,4,6-7H2,2H3;6*1H2,2H3;;. The molecule has 0 spiro atoms. The summed E-state index contributed by atoms with van der Waals surface area (Å²) in [5.74, 6) is 0. The quantitative estimate of drug-likeness (QED) is 0.238. The van der Waals surface area contributed by atoms with Gasteiger partial charge in [-0.25, -0.2) is 0 Å². The third kappa shape index (κ3) is 5.16. The van der Waals surface area contributed by atoms with Gasteiger partial charge in [-0.15, -0.1) is 0 Å². The second kappa shape index (κ2) is 11.0. The molecule has 21 heavy (non-hydrogen) atoms. The second-order valence-corrected chi connectivity index (χ2v) is 38.0. The van der Waals surface area contributed by atoms with E-state index in [1.807, 2.05) is 3.59 Å². The van der Waals surface area contributed by atoms with Crippen molar-refractivity contribution in [1.82, 2.24) is 0 Å². The summed E-state index contributed by atoms with van der Waals surface area (Å²) in [5, 5.41) is 0. The molecule has 0 amide bonds. The molecule has 0 aliphatic heterocycles. The van der Waals surface area contributed by atoms with Crippen LogP contribution in [0.4, 0.5) is 0 Å². The van der Waals surface area contributed by atoms with Gasteiger partial charge in [0.05, 0.1) is 0 Å². The molecule has 0 rings (SSSR count). The monoisotopic (exact) mass is 510 g/mol. The molecule has 0 radical (unpaired) electrons. The molecule has 0 aromatic heterocycles. The van der Waals surface area contributed by atoms with E-state index in [2.05, 4.69) is 48.5 Å². The molecule has 2 heteroatoms. The van der Waals surface area contributed by atoms with E-state index in [4.69, 9.17) is 6.58 Å². The summed E-state index contributed by atoms with van der Waals surface area (Å²) in [6, 6.07) is 0. The van der Waals surface area contributed by atoms with E-state index in [-0.39, 0.29) is 0 Å². The van der Waals surface area contributed by atoms with Crippen LogP contribution in [-0.2, 0) is 0 Å². The zero-order valence-corrected chi connectivity index (χ0v) is 21.9. The first-order valence-corrected chi connectivity index (χ1v) is 24.8. The van der Waals surface area contributed by atoms with Crippen LogP contribution >= 0.6 is 0 Å². The van der Waals surface area contributed by atoms with E-state index >= 15 is 0 Å². The van der Waals surface area contributed by atoms with Crippen LogP contribution in [0.3, 0.4) is 0 Å². The fourth-order valence-corrected chi connectivity index (χ4v) is 39.9. The predicted molar refractivity (Wildman–Crippen MR) is 107 cm³/mol. The SMILES string of the molecule is C=[C]([CH](CCCC)[Sn]([CH2]C)([CH2]C)[CH2]C)[Sn]([CH2]C)([CH2]C)[CH2]C. The maximum absolute atomic E-state index is 4.85. The summed E-state index contributed by atoms with van der Waals surface area (Å²) in [5.41, 5.74) is 0. The van der Waals surface area contributed by atoms with Gasteiger partial charge in [0.25, 0.3) is 0 Å². The minimum absolute atomic E-state index is 1.01. The summed E-state index contributed by atoms with van der Waals surface area (Å²) < 4.78 is 12.0. The van der Waals surface area contributed by atoms with Crippen molar-refractivity contribution in [2.45, 2.75) is 98.3 Å². The Morgan fingerprint density at radius 2 is 1.19 bits per heavy atom. The van der Waals surface area contributed by atoms with Gasteiger partial charge in [0.15, 0.2) is 0 Å². The van der Waals surface area contributed by atoms with Gasteiger partial charge in [0.2, 0.25) is 0 Å². The van der Waals surface area contributed by atoms with Crippen LogP contribution < -0.4 is 0 Å². The van der Waals surface area contributed by atoms with Gasteiger partial charge in [0.1, 0.15) is 0 Å². The Kier molecular flexibility index (Phi) is 11.7. The van der Waals surface area contributed by atoms with Gasteiger partial charge in [0, 0.05) is 0 Å². The molecular formula is C19H42Sn2. The molecule has 0 aliphatic carbocycles. The van der Waals surface area contributed by atoms with Crippen molar-refractivity contribution in [3.63, 3.8) is 0 Å². The van der Waals surface area contributed by atoms with Crippen molar-refractivity contribution < 1.29 is 0 Å². The van der Waals surface area contributed by atoms with Crippen molar-refractivity contribution in [3.8, 4) is 0 Å². The summed E-state index contributed by atoms with van der Waals surface area (Å²) >= 11 is -4.09. The molecule has 1 unspecified atom stereocenters. The molecule has 0 heterocycles. The van der Waals surface area contributed by atoms with Gasteiger partial charge in [-0.2, -0.15) is 0 Å². The van der Waals surface area contributed by atoms with Crippen LogP contribution in [0.1, 0.15) is 67.7 Å². The van der Waals surface area contributed by atoms with Crippen molar-refractivity contribution in [1.29, 1.82) is 0 Å². The van der Waals surface area contributed by atoms with Crippen molar-refractivity contribution in [2.75, 3.05) is 0 Å². The van der Waals surface area contributed by atoms with Crippen LogP contribution in [0.25, 0.3) is 0 Å². The molecule has 0 nitrogen and oxygen atoms in total. The molecule has 0 saturated carbocycles. The number of hydrogen-bond donors (Lipinski definition) is 0. The molecule has 126 valence electrons. The number of allylic oxidation sites excluding steroid dienone is 1. The average Bonchev–Trinajstić information content (AvgIpc) is 2.54. The molecule has 0 saturated heterocycles. The van der Waals surface area contributed by atoms with Gasteiger partial charge >= 0.3 is 145 Å². The van der Waals surface area contributed by atoms with E-state index in [1.54, 1.807) is 0 Å². The number of rotatable bonds is 12. The van der Waals surface area contributed by atoms with Crippen molar-refractivity contribution in [2.24, 2.45) is 0 Å². The number of hydrogen-bond acceptors (Lipinski definition) is 0. The topological polar surface area (TPSA) is 0 Å².